The topological polar surface area (TPSA) is 60.7 Å². The molecule has 2 rings (SSSR count). The largest absolute Gasteiger partial charge is 0.493 e. The number of halogens is 1. The molecule has 27 heavy (non-hydrogen) atoms. The number of hydrogen-bond acceptors (Lipinski definition) is 5. The van der Waals surface area contributed by atoms with E-state index >= 15 is 0 Å². The highest BCUT2D eigenvalue weighted by atomic mass is 79.9. The van der Waals surface area contributed by atoms with Crippen molar-refractivity contribution in [3.63, 3.8) is 0 Å². The SMILES string of the molecule is C=CCOc1c(Br)cc(/C=C(\C#N)c2ccc(OC)c(OC)c2)cc1OC. The van der Waals surface area contributed by atoms with E-state index in [0.29, 0.717) is 35.2 Å². The number of nitriles is 1. The van der Waals surface area contributed by atoms with Crippen LogP contribution in [-0.2, 0) is 0 Å². The lowest BCUT2D eigenvalue weighted by molar-refractivity contribution is 0.324. The van der Waals surface area contributed by atoms with Crippen molar-refractivity contribution >= 4 is 27.6 Å². The van der Waals surface area contributed by atoms with E-state index in [0.717, 1.165) is 15.6 Å². The molecule has 5 nitrogen and oxygen atoms in total. The Hall–Kier alpha value is -2.91. The minimum atomic E-state index is 0.360. The summed E-state index contributed by atoms with van der Waals surface area (Å²) in [7, 11) is 4.69. The Kier molecular flexibility index (Phi) is 7.33. The fourth-order valence-corrected chi connectivity index (χ4v) is 3.03. The van der Waals surface area contributed by atoms with E-state index in [1.54, 1.807) is 51.7 Å². The van der Waals surface area contributed by atoms with Crippen LogP contribution in [0.25, 0.3) is 11.6 Å². The summed E-state index contributed by atoms with van der Waals surface area (Å²) in [5, 5.41) is 9.63. The van der Waals surface area contributed by atoms with Gasteiger partial charge in [-0.25, -0.2) is 0 Å². The molecule has 0 saturated heterocycles. The first-order valence-corrected chi connectivity index (χ1v) is 8.82. The van der Waals surface area contributed by atoms with Crippen molar-refractivity contribution in [2.45, 2.75) is 0 Å². The zero-order valence-electron chi connectivity index (χ0n) is 15.4. The minimum absolute atomic E-state index is 0.360. The summed E-state index contributed by atoms with van der Waals surface area (Å²) in [5.41, 5.74) is 1.98. The minimum Gasteiger partial charge on any atom is -0.493 e. The van der Waals surface area contributed by atoms with Gasteiger partial charge >= 0.3 is 0 Å². The van der Waals surface area contributed by atoms with Crippen LogP contribution in [0.5, 0.6) is 23.0 Å². The normalized spacial score (nSPS) is 10.7. The van der Waals surface area contributed by atoms with Gasteiger partial charge in [0.05, 0.1) is 37.4 Å². The van der Waals surface area contributed by atoms with Gasteiger partial charge in [-0.05, 0) is 63.5 Å². The molecule has 0 amide bonds. The van der Waals surface area contributed by atoms with Crippen LogP contribution < -0.4 is 18.9 Å². The predicted octanol–water partition coefficient (Wildman–Crippen LogP) is 5.10. The fraction of sp³-hybridized carbons (Fsp3) is 0.190. The average molecular weight is 430 g/mol. The van der Waals surface area contributed by atoms with Crippen LogP contribution >= 0.6 is 15.9 Å². The molecule has 0 aromatic heterocycles. The number of ether oxygens (including phenoxy) is 4. The number of rotatable bonds is 8. The van der Waals surface area contributed by atoms with Crippen LogP contribution in [0.4, 0.5) is 0 Å². The Morgan fingerprint density at radius 2 is 1.78 bits per heavy atom. The van der Waals surface area contributed by atoms with Crippen molar-refractivity contribution < 1.29 is 18.9 Å². The molecule has 0 saturated carbocycles. The maximum absolute atomic E-state index is 9.63. The second-order valence-electron chi connectivity index (χ2n) is 5.37. The third-order valence-corrected chi connectivity index (χ3v) is 4.31. The summed E-state index contributed by atoms with van der Waals surface area (Å²) < 4.78 is 22.3. The first-order valence-electron chi connectivity index (χ1n) is 8.03. The van der Waals surface area contributed by atoms with Crippen molar-refractivity contribution in [1.29, 1.82) is 5.26 Å². The highest BCUT2D eigenvalue weighted by molar-refractivity contribution is 9.10. The molecule has 0 heterocycles. The standard InChI is InChI=1S/C21H20BrNO4/c1-5-8-27-21-17(22)10-14(11-20(21)26-4)9-16(13-23)15-6-7-18(24-2)19(12-15)25-3/h5-7,9-12H,1,8H2,2-4H3/b16-9+. The van der Waals surface area contributed by atoms with Crippen molar-refractivity contribution in [2.75, 3.05) is 27.9 Å². The highest BCUT2D eigenvalue weighted by Crippen LogP contribution is 2.38. The highest BCUT2D eigenvalue weighted by Gasteiger charge is 2.12. The summed E-state index contributed by atoms with van der Waals surface area (Å²) >= 11 is 3.49. The third-order valence-electron chi connectivity index (χ3n) is 3.72. The van der Waals surface area contributed by atoms with E-state index in [-0.39, 0.29) is 0 Å². The molecule has 0 radical (unpaired) electrons. The van der Waals surface area contributed by atoms with Gasteiger partial charge in [0.1, 0.15) is 6.61 Å². The molecule has 2 aromatic rings. The van der Waals surface area contributed by atoms with E-state index in [2.05, 4.69) is 28.6 Å². The molecule has 0 N–H and O–H groups in total. The molecule has 6 heteroatoms. The van der Waals surface area contributed by atoms with Gasteiger partial charge in [0.15, 0.2) is 23.0 Å². The van der Waals surface area contributed by atoms with Gasteiger partial charge in [-0.3, -0.25) is 0 Å². The van der Waals surface area contributed by atoms with Crippen LogP contribution in [0.2, 0.25) is 0 Å². The number of allylic oxidation sites excluding steroid dienone is 1. The molecule has 0 fully saturated rings. The first-order chi connectivity index (χ1) is 13.1. The molecule has 0 aliphatic carbocycles. The van der Waals surface area contributed by atoms with Crippen LogP contribution in [0.3, 0.4) is 0 Å². The number of hydrogen-bond donors (Lipinski definition) is 0. The van der Waals surface area contributed by atoms with Crippen LogP contribution in [0.1, 0.15) is 11.1 Å². The molecule has 0 spiro atoms. The molecule has 0 unspecified atom stereocenters. The van der Waals surface area contributed by atoms with Crippen LogP contribution in [-0.4, -0.2) is 27.9 Å². The summed E-state index contributed by atoms with van der Waals surface area (Å²) in [5.74, 6) is 2.30. The third kappa shape index (κ3) is 4.83. The Morgan fingerprint density at radius 1 is 1.07 bits per heavy atom. The maximum Gasteiger partial charge on any atom is 0.175 e. The summed E-state index contributed by atoms with van der Waals surface area (Å²) in [6.45, 7) is 4.00. The zero-order valence-corrected chi connectivity index (χ0v) is 17.0. The van der Waals surface area contributed by atoms with Crippen LogP contribution in [0.15, 0.2) is 47.5 Å². The Labute approximate surface area is 167 Å². The second kappa shape index (κ2) is 9.70. The monoisotopic (exact) mass is 429 g/mol. The quantitative estimate of drug-likeness (QED) is 0.331. The number of nitrogens with zero attached hydrogens (tertiary/aromatic N) is 1. The zero-order chi connectivity index (χ0) is 19.8. The van der Waals surface area contributed by atoms with Crippen molar-refractivity contribution in [3.05, 3.63) is 58.6 Å². The fourth-order valence-electron chi connectivity index (χ4n) is 2.46. The number of methoxy groups -OCH3 is 3. The number of benzene rings is 2. The van der Waals surface area contributed by atoms with E-state index in [4.69, 9.17) is 18.9 Å². The summed E-state index contributed by atoms with van der Waals surface area (Å²) in [6.07, 6.45) is 3.43. The smallest absolute Gasteiger partial charge is 0.175 e. The lowest BCUT2D eigenvalue weighted by Gasteiger charge is -2.13. The lowest BCUT2D eigenvalue weighted by atomic mass is 10.0. The van der Waals surface area contributed by atoms with Gasteiger partial charge < -0.3 is 18.9 Å². The molecular weight excluding hydrogens is 410 g/mol. The van der Waals surface area contributed by atoms with E-state index in [9.17, 15) is 5.26 Å². The second-order valence-corrected chi connectivity index (χ2v) is 6.23. The van der Waals surface area contributed by atoms with Crippen molar-refractivity contribution in [3.8, 4) is 29.1 Å². The van der Waals surface area contributed by atoms with E-state index < -0.39 is 0 Å². The molecule has 0 bridgehead atoms. The maximum atomic E-state index is 9.63. The molecular formula is C21H20BrNO4. The molecule has 0 aliphatic rings. The Bertz CT molecular complexity index is 900. The van der Waals surface area contributed by atoms with Gasteiger partial charge in [0.2, 0.25) is 0 Å². The van der Waals surface area contributed by atoms with Crippen molar-refractivity contribution in [1.82, 2.24) is 0 Å². The average Bonchev–Trinajstić information content (AvgIpc) is 2.70. The summed E-state index contributed by atoms with van der Waals surface area (Å²) in [4.78, 5) is 0. The van der Waals surface area contributed by atoms with Gasteiger partial charge in [-0.2, -0.15) is 5.26 Å². The molecule has 0 aliphatic heterocycles. The molecule has 0 atom stereocenters. The van der Waals surface area contributed by atoms with Gasteiger partial charge in [0, 0.05) is 0 Å². The summed E-state index contributed by atoms with van der Waals surface area (Å²) in [6, 6.07) is 11.2. The lowest BCUT2D eigenvalue weighted by Crippen LogP contribution is -1.98. The van der Waals surface area contributed by atoms with Crippen LogP contribution in [0, 0.1) is 11.3 Å². The van der Waals surface area contributed by atoms with Gasteiger partial charge in [0.25, 0.3) is 0 Å². The van der Waals surface area contributed by atoms with Gasteiger partial charge in [-0.1, -0.05) is 12.7 Å². The predicted molar refractivity (Wildman–Crippen MR) is 109 cm³/mol. The molecule has 140 valence electrons. The molecule has 2 aromatic carbocycles. The first kappa shape index (κ1) is 20.4. The Morgan fingerprint density at radius 3 is 2.37 bits per heavy atom. The van der Waals surface area contributed by atoms with E-state index in [1.807, 2.05) is 12.1 Å². The van der Waals surface area contributed by atoms with Crippen molar-refractivity contribution in [2.24, 2.45) is 0 Å². The van der Waals surface area contributed by atoms with Gasteiger partial charge in [-0.15, -0.1) is 0 Å². The van der Waals surface area contributed by atoms with E-state index in [1.165, 1.54) is 0 Å². The Balaban J connectivity index is 2.47.